The Hall–Kier alpha value is -3.31. The van der Waals surface area contributed by atoms with Crippen LogP contribution in [0.3, 0.4) is 0 Å². The lowest BCUT2D eigenvalue weighted by atomic mass is 10.1. The molecule has 2 aliphatic rings. The molecule has 1 saturated heterocycles. The Morgan fingerprint density at radius 1 is 1.09 bits per heavy atom. The lowest BCUT2D eigenvalue weighted by Gasteiger charge is -2.16. The van der Waals surface area contributed by atoms with Crippen LogP contribution in [0, 0.1) is 10.1 Å². The molecule has 10 nitrogen and oxygen atoms in total. The Bertz CT molecular complexity index is 1160. The maximum atomic E-state index is 12.7. The van der Waals surface area contributed by atoms with E-state index in [2.05, 4.69) is 5.10 Å². The molecule has 11 heteroatoms. The molecule has 2 heterocycles. The third-order valence-electron chi connectivity index (χ3n) is 5.38. The summed E-state index contributed by atoms with van der Waals surface area (Å²) in [5.41, 5.74) is 1.20. The van der Waals surface area contributed by atoms with E-state index in [0.29, 0.717) is 26.1 Å². The van der Waals surface area contributed by atoms with Crippen LogP contribution in [0.15, 0.2) is 58.5 Å². The Balaban J connectivity index is 1.47. The third-order valence-corrected chi connectivity index (χ3v) is 7.27. The second-order valence-electron chi connectivity index (χ2n) is 7.47. The number of nitro groups is 1. The Kier molecular flexibility index (Phi) is 6.19. The number of nitrogens with zero attached hydrogens (tertiary/aromatic N) is 4. The maximum absolute atomic E-state index is 12.7. The van der Waals surface area contributed by atoms with Crippen LogP contribution in [0.25, 0.3) is 0 Å². The zero-order valence-electron chi connectivity index (χ0n) is 17.2. The molecule has 2 aliphatic heterocycles. The summed E-state index contributed by atoms with van der Waals surface area (Å²) in [6.07, 6.45) is 2.12. The highest BCUT2D eigenvalue weighted by Crippen LogP contribution is 2.32. The number of carbonyl (C=O) groups is 1. The highest BCUT2D eigenvalue weighted by Gasteiger charge is 2.30. The summed E-state index contributed by atoms with van der Waals surface area (Å²) in [5, 5.41) is 17.1. The van der Waals surface area contributed by atoms with Crippen molar-refractivity contribution in [3.05, 3.63) is 64.2 Å². The van der Waals surface area contributed by atoms with Gasteiger partial charge in [-0.15, -0.1) is 0 Å². The molecule has 32 heavy (non-hydrogen) atoms. The number of rotatable bonds is 7. The van der Waals surface area contributed by atoms with E-state index in [4.69, 9.17) is 4.74 Å². The monoisotopic (exact) mass is 458 g/mol. The second-order valence-corrected chi connectivity index (χ2v) is 9.40. The van der Waals surface area contributed by atoms with Gasteiger partial charge in [-0.2, -0.15) is 9.41 Å². The number of sulfonamides is 1. The van der Waals surface area contributed by atoms with E-state index in [9.17, 15) is 23.3 Å². The van der Waals surface area contributed by atoms with E-state index >= 15 is 0 Å². The van der Waals surface area contributed by atoms with Crippen molar-refractivity contribution in [2.75, 3.05) is 26.2 Å². The minimum atomic E-state index is -3.81. The molecule has 0 aliphatic carbocycles. The molecule has 0 saturated carbocycles. The van der Waals surface area contributed by atoms with Gasteiger partial charge in [-0.3, -0.25) is 14.9 Å². The van der Waals surface area contributed by atoms with Crippen LogP contribution < -0.4 is 4.74 Å². The quantitative estimate of drug-likeness (QED) is 0.464. The number of amides is 1. The predicted molar refractivity (Wildman–Crippen MR) is 116 cm³/mol. The molecule has 0 atom stereocenters. The highest BCUT2D eigenvalue weighted by atomic mass is 32.2. The molecule has 0 unspecified atom stereocenters. The molecule has 2 aromatic carbocycles. The topological polar surface area (TPSA) is 122 Å². The largest absolute Gasteiger partial charge is 0.477 e. The van der Waals surface area contributed by atoms with Crippen molar-refractivity contribution >= 4 is 27.3 Å². The smallest absolute Gasteiger partial charge is 0.312 e. The van der Waals surface area contributed by atoms with Crippen molar-refractivity contribution in [3.63, 3.8) is 0 Å². The molecular formula is C21H22N4O6S. The summed E-state index contributed by atoms with van der Waals surface area (Å²) >= 11 is 0. The van der Waals surface area contributed by atoms with Gasteiger partial charge in [-0.05, 0) is 30.5 Å². The van der Waals surface area contributed by atoms with Crippen molar-refractivity contribution in [3.8, 4) is 5.75 Å². The van der Waals surface area contributed by atoms with Crippen LogP contribution in [0.1, 0.15) is 24.8 Å². The normalized spacial score (nSPS) is 16.8. The fourth-order valence-electron chi connectivity index (χ4n) is 3.68. The van der Waals surface area contributed by atoms with Crippen molar-refractivity contribution in [2.45, 2.75) is 24.2 Å². The lowest BCUT2D eigenvalue weighted by Crippen LogP contribution is -2.29. The minimum absolute atomic E-state index is 0.165. The predicted octanol–water partition coefficient (Wildman–Crippen LogP) is 2.39. The van der Waals surface area contributed by atoms with Gasteiger partial charge in [-0.1, -0.05) is 30.3 Å². The SMILES string of the molecule is O=C(COc1ccc(S(=O)(=O)N2CCCC2)cc1[N+](=O)[O-])N1CCC(c2ccccc2)=N1. The van der Waals surface area contributed by atoms with E-state index < -0.39 is 33.1 Å². The zero-order valence-corrected chi connectivity index (χ0v) is 18.0. The minimum Gasteiger partial charge on any atom is -0.477 e. The zero-order chi connectivity index (χ0) is 22.7. The molecule has 168 valence electrons. The van der Waals surface area contributed by atoms with Crippen LogP contribution in [0.5, 0.6) is 5.75 Å². The number of ether oxygens (including phenoxy) is 1. The summed E-state index contributed by atoms with van der Waals surface area (Å²) in [5.74, 6) is -0.617. The first-order valence-electron chi connectivity index (χ1n) is 10.2. The second kappa shape index (κ2) is 9.05. The van der Waals surface area contributed by atoms with Gasteiger partial charge in [0.2, 0.25) is 10.0 Å². The number of nitro benzene ring substituents is 1. The molecule has 0 N–H and O–H groups in total. The fourth-order valence-corrected chi connectivity index (χ4v) is 5.22. The number of hydrazone groups is 1. The van der Waals surface area contributed by atoms with Crippen LogP contribution in [-0.4, -0.2) is 60.5 Å². The van der Waals surface area contributed by atoms with Crippen LogP contribution in [0.2, 0.25) is 0 Å². The van der Waals surface area contributed by atoms with E-state index in [1.54, 1.807) is 0 Å². The van der Waals surface area contributed by atoms with Gasteiger partial charge < -0.3 is 4.74 Å². The van der Waals surface area contributed by atoms with Crippen LogP contribution in [0.4, 0.5) is 5.69 Å². The van der Waals surface area contributed by atoms with E-state index in [1.807, 2.05) is 30.3 Å². The lowest BCUT2D eigenvalue weighted by molar-refractivity contribution is -0.386. The highest BCUT2D eigenvalue weighted by molar-refractivity contribution is 7.89. The third kappa shape index (κ3) is 4.48. The fraction of sp³-hybridized carbons (Fsp3) is 0.333. The number of hydrogen-bond donors (Lipinski definition) is 0. The van der Waals surface area contributed by atoms with Crippen LogP contribution in [-0.2, 0) is 14.8 Å². The summed E-state index contributed by atoms with van der Waals surface area (Å²) in [6, 6.07) is 12.9. The molecular weight excluding hydrogens is 436 g/mol. The molecule has 0 radical (unpaired) electrons. The van der Waals surface area contributed by atoms with Gasteiger partial charge in [-0.25, -0.2) is 13.4 Å². The van der Waals surface area contributed by atoms with E-state index in [-0.39, 0.29) is 10.6 Å². The first-order chi connectivity index (χ1) is 15.4. The van der Waals surface area contributed by atoms with Gasteiger partial charge in [0.05, 0.1) is 22.1 Å². The summed E-state index contributed by atoms with van der Waals surface area (Å²) in [6.45, 7) is 0.723. The Morgan fingerprint density at radius 3 is 2.50 bits per heavy atom. The van der Waals surface area contributed by atoms with Gasteiger partial charge in [0, 0.05) is 25.6 Å². The van der Waals surface area contributed by atoms with Crippen molar-refractivity contribution in [2.24, 2.45) is 5.10 Å². The molecule has 1 amide bonds. The molecule has 1 fully saturated rings. The van der Waals surface area contributed by atoms with E-state index in [0.717, 1.165) is 30.2 Å². The standard InChI is InChI=1S/C21H22N4O6S/c26-21(24-13-10-18(22-24)16-6-2-1-3-7-16)15-31-20-9-8-17(14-19(20)25(27)28)32(29,30)23-11-4-5-12-23/h1-3,6-9,14H,4-5,10-13,15H2. The molecule has 0 bridgehead atoms. The van der Waals surface area contributed by atoms with Gasteiger partial charge in [0.1, 0.15) is 0 Å². The number of benzene rings is 2. The maximum Gasteiger partial charge on any atom is 0.312 e. The Morgan fingerprint density at radius 2 is 1.81 bits per heavy atom. The number of carbonyl (C=O) groups excluding carboxylic acids is 1. The molecule has 0 aromatic heterocycles. The van der Waals surface area contributed by atoms with Crippen LogP contribution >= 0.6 is 0 Å². The number of hydrogen-bond acceptors (Lipinski definition) is 7. The van der Waals surface area contributed by atoms with Gasteiger partial charge in [0.15, 0.2) is 12.4 Å². The summed E-state index contributed by atoms with van der Waals surface area (Å²) < 4.78 is 32.1. The first-order valence-corrected chi connectivity index (χ1v) is 11.6. The van der Waals surface area contributed by atoms with Gasteiger partial charge in [0.25, 0.3) is 5.91 Å². The average molecular weight is 458 g/mol. The molecule has 4 rings (SSSR count). The first kappa shape index (κ1) is 21.9. The molecule has 2 aromatic rings. The molecule has 0 spiro atoms. The summed E-state index contributed by atoms with van der Waals surface area (Å²) in [7, 11) is -3.81. The van der Waals surface area contributed by atoms with Crippen molar-refractivity contribution in [1.82, 2.24) is 9.31 Å². The van der Waals surface area contributed by atoms with Crippen molar-refractivity contribution in [1.29, 1.82) is 0 Å². The summed E-state index contributed by atoms with van der Waals surface area (Å²) in [4.78, 5) is 23.1. The van der Waals surface area contributed by atoms with Crippen molar-refractivity contribution < 1.29 is 22.9 Å². The van der Waals surface area contributed by atoms with Gasteiger partial charge >= 0.3 is 5.69 Å². The van der Waals surface area contributed by atoms with E-state index in [1.165, 1.54) is 21.4 Å². The Labute approximate surface area is 185 Å². The average Bonchev–Trinajstić information content (AvgIpc) is 3.51.